The van der Waals surface area contributed by atoms with E-state index in [-0.39, 0.29) is 11.9 Å². The molecule has 0 saturated carbocycles. The maximum Gasteiger partial charge on any atom is 0.317 e. The van der Waals surface area contributed by atoms with Crippen LogP contribution in [0, 0.1) is 0 Å². The second kappa shape index (κ2) is 8.44. The number of nitrogens with two attached hydrogens (primary N) is 1. The van der Waals surface area contributed by atoms with Crippen molar-refractivity contribution in [2.24, 2.45) is 5.73 Å². The van der Waals surface area contributed by atoms with Crippen LogP contribution in [0.1, 0.15) is 16.7 Å². The van der Waals surface area contributed by atoms with E-state index in [9.17, 15) is 9.59 Å². The third kappa shape index (κ3) is 4.80. The van der Waals surface area contributed by atoms with Gasteiger partial charge in [-0.15, -0.1) is 0 Å². The lowest BCUT2D eigenvalue weighted by Gasteiger charge is -2.15. The van der Waals surface area contributed by atoms with Crippen molar-refractivity contribution in [1.82, 2.24) is 20.5 Å². The predicted octanol–water partition coefficient (Wildman–Crippen LogP) is 0.793. The number of amides is 3. The summed E-state index contributed by atoms with van der Waals surface area (Å²) in [5.41, 5.74) is 9.00. The van der Waals surface area contributed by atoms with Gasteiger partial charge in [0.25, 0.3) is 0 Å². The standard InChI is InChI=1S/C19H23N5O2/c20-17(11-14-5-7-21-8-6-14)18(25)23-12-15-1-3-16(4-2-15)13-24-10-9-22-19(24)26/h1-8,17H,9-13,20H2,(H,22,26)(H,23,25)/t17-/m0/s1. The average molecular weight is 353 g/mol. The van der Waals surface area contributed by atoms with Crippen molar-refractivity contribution >= 4 is 11.9 Å². The molecule has 0 unspecified atom stereocenters. The van der Waals surface area contributed by atoms with Crippen molar-refractivity contribution in [3.63, 3.8) is 0 Å². The van der Waals surface area contributed by atoms with E-state index in [2.05, 4.69) is 15.6 Å². The monoisotopic (exact) mass is 353 g/mol. The van der Waals surface area contributed by atoms with Crippen molar-refractivity contribution in [1.29, 1.82) is 0 Å². The van der Waals surface area contributed by atoms with Gasteiger partial charge in [-0.05, 0) is 35.2 Å². The van der Waals surface area contributed by atoms with Gasteiger partial charge in [-0.25, -0.2) is 4.79 Å². The maximum absolute atomic E-state index is 12.2. The van der Waals surface area contributed by atoms with E-state index in [0.29, 0.717) is 26.1 Å². The molecule has 0 spiro atoms. The summed E-state index contributed by atoms with van der Waals surface area (Å²) in [6.07, 6.45) is 3.85. The first-order valence-electron chi connectivity index (χ1n) is 8.64. The van der Waals surface area contributed by atoms with Crippen LogP contribution in [-0.4, -0.2) is 41.0 Å². The van der Waals surface area contributed by atoms with Crippen LogP contribution in [0.15, 0.2) is 48.8 Å². The fourth-order valence-electron chi connectivity index (χ4n) is 2.83. The lowest BCUT2D eigenvalue weighted by atomic mass is 10.1. The number of pyridine rings is 1. The van der Waals surface area contributed by atoms with Crippen LogP contribution in [0.2, 0.25) is 0 Å². The van der Waals surface area contributed by atoms with Crippen molar-refractivity contribution in [3.8, 4) is 0 Å². The Morgan fingerprint density at radius 3 is 2.50 bits per heavy atom. The van der Waals surface area contributed by atoms with E-state index < -0.39 is 6.04 Å². The zero-order chi connectivity index (χ0) is 18.4. The van der Waals surface area contributed by atoms with Gasteiger partial charge in [0.15, 0.2) is 0 Å². The van der Waals surface area contributed by atoms with Crippen LogP contribution in [0.25, 0.3) is 0 Å². The molecule has 0 radical (unpaired) electrons. The highest BCUT2D eigenvalue weighted by atomic mass is 16.2. The second-order valence-electron chi connectivity index (χ2n) is 6.35. The molecule has 3 rings (SSSR count). The lowest BCUT2D eigenvalue weighted by molar-refractivity contribution is -0.122. The fraction of sp³-hybridized carbons (Fsp3) is 0.316. The molecule has 7 heteroatoms. The van der Waals surface area contributed by atoms with Gasteiger partial charge in [0.05, 0.1) is 6.04 Å². The SMILES string of the molecule is N[C@@H](Cc1ccncc1)C(=O)NCc1ccc(CN2CCNC2=O)cc1. The molecule has 1 fully saturated rings. The zero-order valence-corrected chi connectivity index (χ0v) is 14.5. The Bertz CT molecular complexity index is 748. The largest absolute Gasteiger partial charge is 0.351 e. The number of benzene rings is 1. The molecule has 1 atom stereocenters. The molecule has 0 aliphatic carbocycles. The Labute approximate surface area is 152 Å². The first-order chi connectivity index (χ1) is 12.6. The summed E-state index contributed by atoms with van der Waals surface area (Å²) in [5, 5.41) is 5.65. The number of hydrogen-bond donors (Lipinski definition) is 3. The van der Waals surface area contributed by atoms with Gasteiger partial charge >= 0.3 is 6.03 Å². The molecule has 7 nitrogen and oxygen atoms in total. The lowest BCUT2D eigenvalue weighted by Crippen LogP contribution is -2.41. The minimum Gasteiger partial charge on any atom is -0.351 e. The Morgan fingerprint density at radius 2 is 1.85 bits per heavy atom. The molecule has 4 N–H and O–H groups in total. The Hall–Kier alpha value is -2.93. The van der Waals surface area contributed by atoms with Gasteiger partial charge in [0, 0.05) is 38.6 Å². The Balaban J connectivity index is 1.46. The zero-order valence-electron chi connectivity index (χ0n) is 14.5. The third-order valence-corrected chi connectivity index (χ3v) is 4.35. The van der Waals surface area contributed by atoms with Gasteiger partial charge in [0.1, 0.15) is 0 Å². The van der Waals surface area contributed by atoms with E-state index in [1.807, 2.05) is 36.4 Å². The molecule has 0 bridgehead atoms. The molecule has 26 heavy (non-hydrogen) atoms. The topological polar surface area (TPSA) is 100 Å². The van der Waals surface area contributed by atoms with Gasteiger partial charge < -0.3 is 21.3 Å². The number of urea groups is 1. The van der Waals surface area contributed by atoms with Crippen LogP contribution in [-0.2, 0) is 24.3 Å². The third-order valence-electron chi connectivity index (χ3n) is 4.35. The molecule has 1 aliphatic heterocycles. The smallest absolute Gasteiger partial charge is 0.317 e. The van der Waals surface area contributed by atoms with Crippen molar-refractivity contribution in [2.45, 2.75) is 25.6 Å². The van der Waals surface area contributed by atoms with Crippen LogP contribution in [0.3, 0.4) is 0 Å². The fourth-order valence-corrected chi connectivity index (χ4v) is 2.83. The van der Waals surface area contributed by atoms with Crippen LogP contribution < -0.4 is 16.4 Å². The normalized spacial score (nSPS) is 14.8. The molecule has 1 saturated heterocycles. The highest BCUT2D eigenvalue weighted by Crippen LogP contribution is 2.10. The highest BCUT2D eigenvalue weighted by Gasteiger charge is 2.19. The van der Waals surface area contributed by atoms with E-state index in [1.54, 1.807) is 17.3 Å². The predicted molar refractivity (Wildman–Crippen MR) is 98.0 cm³/mol. The Morgan fingerprint density at radius 1 is 1.15 bits per heavy atom. The van der Waals surface area contributed by atoms with Crippen molar-refractivity contribution in [2.75, 3.05) is 13.1 Å². The number of carbonyl (C=O) groups is 2. The summed E-state index contributed by atoms with van der Waals surface area (Å²) in [6.45, 7) is 2.44. The number of rotatable bonds is 7. The number of nitrogens with one attached hydrogen (secondary N) is 2. The molecule has 1 aromatic heterocycles. The molecule has 136 valence electrons. The van der Waals surface area contributed by atoms with E-state index in [0.717, 1.165) is 23.2 Å². The summed E-state index contributed by atoms with van der Waals surface area (Å²) in [5.74, 6) is -0.181. The number of nitrogens with zero attached hydrogens (tertiary/aromatic N) is 2. The number of hydrogen-bond acceptors (Lipinski definition) is 4. The summed E-state index contributed by atoms with van der Waals surface area (Å²) in [6, 6.07) is 11.0. The Kier molecular flexibility index (Phi) is 5.80. The minimum absolute atomic E-state index is 0.0236. The number of aromatic nitrogens is 1. The molecule has 3 amide bonds. The summed E-state index contributed by atoms with van der Waals surface area (Å²) in [7, 11) is 0. The summed E-state index contributed by atoms with van der Waals surface area (Å²) in [4.78, 5) is 29.4. The maximum atomic E-state index is 12.2. The first kappa shape index (κ1) is 17.9. The molecule has 2 heterocycles. The molecule has 1 aliphatic rings. The molecule has 2 aromatic rings. The van der Waals surface area contributed by atoms with Gasteiger partial charge in [0.2, 0.25) is 5.91 Å². The summed E-state index contributed by atoms with van der Waals surface area (Å²) < 4.78 is 0. The summed E-state index contributed by atoms with van der Waals surface area (Å²) >= 11 is 0. The van der Waals surface area contributed by atoms with E-state index in [1.165, 1.54) is 0 Å². The minimum atomic E-state index is -0.592. The van der Waals surface area contributed by atoms with Gasteiger partial charge in [-0.3, -0.25) is 9.78 Å². The van der Waals surface area contributed by atoms with Crippen molar-refractivity contribution < 1.29 is 9.59 Å². The molecular formula is C19H23N5O2. The van der Waals surface area contributed by atoms with E-state index >= 15 is 0 Å². The number of carbonyl (C=O) groups excluding carboxylic acids is 2. The average Bonchev–Trinajstić information content (AvgIpc) is 3.06. The first-order valence-corrected chi connectivity index (χ1v) is 8.64. The highest BCUT2D eigenvalue weighted by molar-refractivity contribution is 5.81. The van der Waals surface area contributed by atoms with Crippen LogP contribution in [0.4, 0.5) is 4.79 Å². The van der Waals surface area contributed by atoms with Crippen molar-refractivity contribution in [3.05, 3.63) is 65.5 Å². The second-order valence-corrected chi connectivity index (χ2v) is 6.35. The molecular weight excluding hydrogens is 330 g/mol. The van der Waals surface area contributed by atoms with Gasteiger partial charge in [-0.2, -0.15) is 0 Å². The molecule has 1 aromatic carbocycles. The van der Waals surface area contributed by atoms with E-state index in [4.69, 9.17) is 5.73 Å². The quantitative estimate of drug-likeness (QED) is 0.685. The van der Waals surface area contributed by atoms with Crippen LogP contribution >= 0.6 is 0 Å². The van der Waals surface area contributed by atoms with Gasteiger partial charge in [-0.1, -0.05) is 24.3 Å². The van der Waals surface area contributed by atoms with Crippen LogP contribution in [0.5, 0.6) is 0 Å².